The molecule has 18 heavy (non-hydrogen) atoms. The molecule has 1 heterocycles. The highest BCUT2D eigenvalue weighted by Gasteiger charge is 2.30. The van der Waals surface area contributed by atoms with Crippen molar-refractivity contribution in [3.05, 3.63) is 35.9 Å². The van der Waals surface area contributed by atoms with Crippen molar-refractivity contribution in [1.82, 2.24) is 0 Å². The fourth-order valence-electron chi connectivity index (χ4n) is 2.22. The van der Waals surface area contributed by atoms with Crippen LogP contribution in [0.25, 0.3) is 0 Å². The number of hydrogen-bond donors (Lipinski definition) is 0. The highest BCUT2D eigenvalue weighted by Crippen LogP contribution is 2.27. The van der Waals surface area contributed by atoms with Gasteiger partial charge in [-0.15, -0.1) is 0 Å². The number of oxime groups is 1. The maximum Gasteiger partial charge on any atom is 0.126 e. The molecule has 0 saturated carbocycles. The van der Waals surface area contributed by atoms with Crippen LogP contribution in [-0.2, 0) is 4.84 Å². The summed E-state index contributed by atoms with van der Waals surface area (Å²) in [6, 6.07) is 11.4. The monoisotopic (exact) mass is 325 g/mol. The van der Waals surface area contributed by atoms with Crippen molar-refractivity contribution in [2.75, 3.05) is 0 Å². The molecule has 0 radical (unpaired) electrons. The summed E-state index contributed by atoms with van der Waals surface area (Å²) in [6.45, 7) is 7.11. The number of halogens is 1. The first kappa shape index (κ1) is 13.8. The molecule has 98 valence electrons. The van der Waals surface area contributed by atoms with Gasteiger partial charge >= 0.3 is 0 Å². The summed E-state index contributed by atoms with van der Waals surface area (Å²) in [5.74, 6) is 0. The maximum absolute atomic E-state index is 5.68. The van der Waals surface area contributed by atoms with Gasteiger partial charge in [-0.3, -0.25) is 0 Å². The Hall–Kier alpha value is -0.613. The Morgan fingerprint density at radius 2 is 1.94 bits per heavy atom. The topological polar surface area (TPSA) is 21.6 Å². The Labute approximate surface area is 119 Å². The van der Waals surface area contributed by atoms with Gasteiger partial charge in [-0.25, -0.2) is 0 Å². The molecule has 4 heteroatoms. The number of alkyl halides is 1. The molecule has 0 fully saturated rings. The molecule has 2 rings (SSSR count). The maximum atomic E-state index is 5.68. The van der Waals surface area contributed by atoms with Crippen LogP contribution >= 0.6 is 15.9 Å². The van der Waals surface area contributed by atoms with Gasteiger partial charge in [0.25, 0.3) is 0 Å². The Bertz CT molecular complexity index is 427. The van der Waals surface area contributed by atoms with E-state index in [1.54, 1.807) is 0 Å². The van der Waals surface area contributed by atoms with Gasteiger partial charge in [-0.1, -0.05) is 71.1 Å². The summed E-state index contributed by atoms with van der Waals surface area (Å²) in [5, 5.41) is 4.34. The van der Waals surface area contributed by atoms with Gasteiger partial charge in [0, 0.05) is 20.1 Å². The van der Waals surface area contributed by atoms with E-state index < -0.39 is 8.07 Å². The highest BCUT2D eigenvalue weighted by atomic mass is 79.9. The van der Waals surface area contributed by atoms with E-state index >= 15 is 0 Å². The minimum atomic E-state index is -1.09. The van der Waals surface area contributed by atoms with E-state index in [0.29, 0.717) is 4.83 Å². The molecule has 1 aliphatic rings. The van der Waals surface area contributed by atoms with E-state index in [9.17, 15) is 0 Å². The van der Waals surface area contributed by atoms with Crippen molar-refractivity contribution < 1.29 is 4.84 Å². The Morgan fingerprint density at radius 3 is 2.50 bits per heavy atom. The Morgan fingerprint density at radius 1 is 1.28 bits per heavy atom. The molecule has 0 saturated heterocycles. The first-order chi connectivity index (χ1) is 8.46. The summed E-state index contributed by atoms with van der Waals surface area (Å²) in [4.78, 5) is 5.99. The zero-order chi connectivity index (χ0) is 13.2. The van der Waals surface area contributed by atoms with Gasteiger partial charge in [-0.05, 0) is 6.04 Å². The lowest BCUT2D eigenvalue weighted by Crippen LogP contribution is -2.34. The van der Waals surface area contributed by atoms with Crippen molar-refractivity contribution in [2.24, 2.45) is 5.16 Å². The lowest BCUT2D eigenvalue weighted by molar-refractivity contribution is 0.0582. The SMILES string of the molecule is C[Si](C)(C)C[C@@H]1C[C@@H](Br)C(c2ccccc2)=NO1. The smallest absolute Gasteiger partial charge is 0.126 e. The highest BCUT2D eigenvalue weighted by molar-refractivity contribution is 9.10. The van der Waals surface area contributed by atoms with Crippen LogP contribution in [0.2, 0.25) is 25.7 Å². The first-order valence-corrected chi connectivity index (χ1v) is 11.0. The van der Waals surface area contributed by atoms with Gasteiger partial charge in [0.1, 0.15) is 11.8 Å². The van der Waals surface area contributed by atoms with E-state index in [-0.39, 0.29) is 6.10 Å². The van der Waals surface area contributed by atoms with Gasteiger partial charge in [0.15, 0.2) is 0 Å². The van der Waals surface area contributed by atoms with Crippen molar-refractivity contribution in [1.29, 1.82) is 0 Å². The quantitative estimate of drug-likeness (QED) is 0.600. The van der Waals surface area contributed by atoms with Crippen LogP contribution in [0.15, 0.2) is 35.5 Å². The summed E-state index contributed by atoms with van der Waals surface area (Å²) in [6.07, 6.45) is 1.28. The molecule has 0 bridgehead atoms. The van der Waals surface area contributed by atoms with Crippen LogP contribution in [0.1, 0.15) is 12.0 Å². The molecule has 0 N–H and O–H groups in total. The predicted octanol–water partition coefficient (Wildman–Crippen LogP) is 4.28. The summed E-state index contributed by atoms with van der Waals surface area (Å²) < 4.78 is 0. The van der Waals surface area contributed by atoms with Gasteiger partial charge < -0.3 is 4.84 Å². The first-order valence-electron chi connectivity index (χ1n) is 6.39. The third-order valence-electron chi connectivity index (χ3n) is 2.98. The number of hydrogen-bond acceptors (Lipinski definition) is 2. The molecular weight excluding hydrogens is 306 g/mol. The largest absolute Gasteiger partial charge is 0.392 e. The molecule has 0 aliphatic carbocycles. The van der Waals surface area contributed by atoms with Crippen LogP contribution in [0.4, 0.5) is 0 Å². The zero-order valence-electron chi connectivity index (χ0n) is 11.2. The van der Waals surface area contributed by atoms with E-state index in [0.717, 1.165) is 17.7 Å². The second-order valence-corrected chi connectivity index (χ2v) is 12.7. The van der Waals surface area contributed by atoms with Crippen LogP contribution in [0.3, 0.4) is 0 Å². The second-order valence-electron chi connectivity index (χ2n) is 6.04. The zero-order valence-corrected chi connectivity index (χ0v) is 13.8. The second kappa shape index (κ2) is 5.57. The number of nitrogens with zero attached hydrogens (tertiary/aromatic N) is 1. The molecule has 1 aromatic carbocycles. The van der Waals surface area contributed by atoms with E-state index in [2.05, 4.69) is 52.9 Å². The summed E-state index contributed by atoms with van der Waals surface area (Å²) in [7, 11) is -1.09. The summed E-state index contributed by atoms with van der Waals surface area (Å²) >= 11 is 3.74. The van der Waals surface area contributed by atoms with Gasteiger partial charge in [0.2, 0.25) is 0 Å². The van der Waals surface area contributed by atoms with Crippen LogP contribution in [-0.4, -0.2) is 24.7 Å². The predicted molar refractivity (Wildman–Crippen MR) is 83.3 cm³/mol. The van der Waals surface area contributed by atoms with Gasteiger partial charge in [0.05, 0.1) is 4.83 Å². The number of benzene rings is 1. The minimum Gasteiger partial charge on any atom is -0.392 e. The van der Waals surface area contributed by atoms with Crippen molar-refractivity contribution >= 4 is 29.7 Å². The third kappa shape index (κ3) is 3.69. The minimum absolute atomic E-state index is 0.272. The molecular formula is C14H20BrNOSi. The molecule has 2 atom stereocenters. The Kier molecular flexibility index (Phi) is 4.28. The molecule has 0 aromatic heterocycles. The summed E-state index contributed by atoms with van der Waals surface area (Å²) in [5.41, 5.74) is 2.16. The molecule has 1 aromatic rings. The number of rotatable bonds is 3. The van der Waals surface area contributed by atoms with Gasteiger partial charge in [-0.2, -0.15) is 0 Å². The third-order valence-corrected chi connectivity index (χ3v) is 5.46. The average Bonchev–Trinajstić information content (AvgIpc) is 2.28. The lowest BCUT2D eigenvalue weighted by Gasteiger charge is -2.29. The molecule has 0 amide bonds. The standard InChI is InChI=1S/C14H20BrNOSi/c1-18(2,3)10-12-9-13(15)14(16-17-12)11-7-5-4-6-8-11/h4-8,12-13H,9-10H2,1-3H3/t12-,13+/m0/s1. The van der Waals surface area contributed by atoms with Crippen molar-refractivity contribution in [3.63, 3.8) is 0 Å². The fourth-order valence-corrected chi connectivity index (χ4v) is 4.59. The van der Waals surface area contributed by atoms with E-state index in [4.69, 9.17) is 4.84 Å². The van der Waals surface area contributed by atoms with E-state index in [1.807, 2.05) is 18.2 Å². The lowest BCUT2D eigenvalue weighted by atomic mass is 10.0. The average molecular weight is 326 g/mol. The fraction of sp³-hybridized carbons (Fsp3) is 0.500. The normalized spacial score (nSPS) is 24.3. The molecule has 1 aliphatic heterocycles. The van der Waals surface area contributed by atoms with Crippen LogP contribution < -0.4 is 0 Å². The molecule has 0 spiro atoms. The molecule has 2 nitrogen and oxygen atoms in total. The van der Waals surface area contributed by atoms with Crippen molar-refractivity contribution in [2.45, 2.75) is 43.0 Å². The van der Waals surface area contributed by atoms with Crippen molar-refractivity contribution in [3.8, 4) is 0 Å². The molecule has 0 unspecified atom stereocenters. The van der Waals surface area contributed by atoms with E-state index in [1.165, 1.54) is 6.04 Å². The van der Waals surface area contributed by atoms with Crippen LogP contribution in [0, 0.1) is 0 Å². The Balaban J connectivity index is 2.09. The van der Waals surface area contributed by atoms with Crippen LogP contribution in [0.5, 0.6) is 0 Å².